The third kappa shape index (κ3) is 1.69. The van der Waals surface area contributed by atoms with Gasteiger partial charge in [0.1, 0.15) is 0 Å². The average Bonchev–Trinajstić information content (AvgIpc) is 1.75. The number of ether oxygens (including phenoxy) is 1. The first kappa shape index (κ1) is 4.92. The third-order valence-electron chi connectivity index (χ3n) is 0.500. The average molecular weight is 72.1 g/mol. The van der Waals surface area contributed by atoms with Gasteiger partial charge in [0, 0.05) is 6.15 Å². The summed E-state index contributed by atoms with van der Waals surface area (Å²) < 4.78 is 4.71. The smallest absolute Gasteiger partial charge is 0.0781 e. The molecule has 3 radical (unpaired) electrons. The molecule has 5 heavy (non-hydrogen) atoms. The summed E-state index contributed by atoms with van der Waals surface area (Å²) in [5, 5.41) is 0. The van der Waals surface area contributed by atoms with Crippen molar-refractivity contribution in [2.24, 2.45) is 0 Å². The van der Waals surface area contributed by atoms with E-state index in [1.165, 1.54) is 0 Å². The van der Waals surface area contributed by atoms with Crippen LogP contribution in [0.2, 0.25) is 0 Å². The van der Waals surface area contributed by atoms with Gasteiger partial charge < -0.3 is 4.74 Å². The van der Waals surface area contributed by atoms with Gasteiger partial charge in [0.15, 0.2) is 0 Å². The van der Waals surface area contributed by atoms with Crippen LogP contribution in [0.1, 0.15) is 6.92 Å². The Bertz CT molecular complexity index is 26.1. The minimum Gasteiger partial charge on any atom is -0.373 e. The minimum absolute atomic E-state index is 0. The Hall–Kier alpha value is -0.0800. The van der Waals surface area contributed by atoms with Gasteiger partial charge in [-0.25, -0.2) is 0 Å². The maximum Gasteiger partial charge on any atom is 0.0781 e. The molecule has 1 saturated heterocycles. The first-order valence-corrected chi connectivity index (χ1v) is 1.51. The van der Waals surface area contributed by atoms with Crippen molar-refractivity contribution in [3.63, 3.8) is 0 Å². The Morgan fingerprint density at radius 2 is 2.00 bits per heavy atom. The highest BCUT2D eigenvalue weighted by Crippen LogP contribution is 2.04. The van der Waals surface area contributed by atoms with E-state index >= 15 is 0 Å². The van der Waals surface area contributed by atoms with Crippen LogP contribution in [0.3, 0.4) is 0 Å². The van der Waals surface area contributed by atoms with Gasteiger partial charge in [-0.3, -0.25) is 0 Å². The van der Waals surface area contributed by atoms with Crippen LogP contribution in [0.4, 0.5) is 0 Å². The van der Waals surface area contributed by atoms with Crippen LogP contribution in [-0.4, -0.2) is 12.7 Å². The molecule has 1 rings (SSSR count). The molecule has 1 aliphatic rings. The summed E-state index contributed by atoms with van der Waals surface area (Å²) in [5.74, 6) is 0. The molecule has 0 aromatic rings. The molecule has 1 heterocycles. The first-order chi connectivity index (χ1) is 1.89. The van der Waals surface area contributed by atoms with Crippen molar-refractivity contribution < 1.29 is 4.74 Å². The largest absolute Gasteiger partial charge is 0.373 e. The van der Waals surface area contributed by atoms with Crippen molar-refractivity contribution in [1.29, 1.82) is 0 Å². The Morgan fingerprint density at radius 1 is 1.80 bits per heavy atom. The summed E-state index contributed by atoms with van der Waals surface area (Å²) in [6.45, 7) is 3.04. The summed E-state index contributed by atoms with van der Waals surface area (Å²) >= 11 is 0. The highest BCUT2D eigenvalue weighted by molar-refractivity contribution is 4.58. The van der Waals surface area contributed by atoms with Gasteiger partial charge in [-0.05, 0) is 6.92 Å². The van der Waals surface area contributed by atoms with Crippen molar-refractivity contribution >= 4 is 0 Å². The molecule has 0 saturated carbocycles. The monoisotopic (exact) mass is 72.0 g/mol. The molecule has 2 heteroatoms. The fourth-order valence-corrected chi connectivity index (χ4v) is 0.0962. The summed E-state index contributed by atoms with van der Waals surface area (Å²) in [5.41, 5.74) is 0. The maximum absolute atomic E-state index is 4.71. The Morgan fingerprint density at radius 3 is 2.00 bits per heavy atom. The van der Waals surface area contributed by atoms with Crippen molar-refractivity contribution in [3.05, 3.63) is 0 Å². The predicted molar refractivity (Wildman–Crippen MR) is 17.5 cm³/mol. The summed E-state index contributed by atoms with van der Waals surface area (Å²) in [7, 11) is 0. The second-order valence-electron chi connectivity index (χ2n) is 1.14. The van der Waals surface area contributed by atoms with E-state index in [1.54, 1.807) is 0 Å². The van der Waals surface area contributed by atoms with E-state index in [0.717, 1.165) is 6.61 Å². The molecular formula is C3H6NO. The van der Waals surface area contributed by atoms with Crippen LogP contribution >= 0.6 is 0 Å². The van der Waals surface area contributed by atoms with E-state index in [4.69, 9.17) is 4.74 Å². The number of rotatable bonds is 0. The van der Waals surface area contributed by atoms with Gasteiger partial charge >= 0.3 is 0 Å². The van der Waals surface area contributed by atoms with Crippen molar-refractivity contribution in [1.82, 2.24) is 6.15 Å². The zero-order valence-electron chi connectivity index (χ0n) is 3.14. The second kappa shape index (κ2) is 1.38. The van der Waals surface area contributed by atoms with Crippen LogP contribution in [0, 0.1) is 0 Å². The van der Waals surface area contributed by atoms with Gasteiger partial charge in [0.2, 0.25) is 0 Å². The molecule has 1 fully saturated rings. The molecule has 29 valence electrons. The topological polar surface area (TPSA) is 43.0 Å². The summed E-state index contributed by atoms with van der Waals surface area (Å²) in [6.07, 6.45) is 0.583. The van der Waals surface area contributed by atoms with Gasteiger partial charge in [0.05, 0.1) is 12.7 Å². The molecule has 0 N–H and O–H groups in total. The van der Waals surface area contributed by atoms with Crippen molar-refractivity contribution in [2.45, 2.75) is 13.0 Å². The van der Waals surface area contributed by atoms with E-state index in [-0.39, 0.29) is 6.15 Å². The summed E-state index contributed by atoms with van der Waals surface area (Å²) in [6, 6.07) is 0. The van der Waals surface area contributed by atoms with Crippen molar-refractivity contribution in [3.8, 4) is 0 Å². The third-order valence-corrected chi connectivity index (χ3v) is 0.500. The van der Waals surface area contributed by atoms with Gasteiger partial charge in [0.25, 0.3) is 0 Å². The number of hydrogen-bond donors (Lipinski definition) is 0. The van der Waals surface area contributed by atoms with E-state index in [1.807, 2.05) is 0 Å². The lowest BCUT2D eigenvalue weighted by atomic mass is 10.6. The van der Waals surface area contributed by atoms with E-state index in [9.17, 15) is 0 Å². The SMILES string of the molecule is CC1CO1.[N]. The fraction of sp³-hybridized carbons (Fsp3) is 1.00. The zero-order chi connectivity index (χ0) is 2.99. The first-order valence-electron chi connectivity index (χ1n) is 1.51. The minimum atomic E-state index is 0. The van der Waals surface area contributed by atoms with Gasteiger partial charge in [-0.1, -0.05) is 0 Å². The van der Waals surface area contributed by atoms with Gasteiger partial charge in [-0.2, -0.15) is 0 Å². The van der Waals surface area contributed by atoms with Crippen LogP contribution in [0.5, 0.6) is 0 Å². The predicted octanol–water partition coefficient (Wildman–Crippen LogP) is -0.0755. The van der Waals surface area contributed by atoms with Gasteiger partial charge in [-0.15, -0.1) is 0 Å². The lowest BCUT2D eigenvalue weighted by molar-refractivity contribution is 0.423. The standard InChI is InChI=1S/C3H6O.N/c1-3-2-4-3;/h3H,2H2,1H3;. The maximum atomic E-state index is 4.71. The number of nitrogens with zero attached hydrogens (tertiary/aromatic N) is 1. The molecule has 0 aromatic carbocycles. The molecule has 1 unspecified atom stereocenters. The number of hydrogen-bond acceptors (Lipinski definition) is 1. The number of epoxide rings is 1. The molecule has 0 aromatic heterocycles. The molecule has 0 bridgehead atoms. The van der Waals surface area contributed by atoms with Crippen LogP contribution in [-0.2, 0) is 4.74 Å². The summed E-state index contributed by atoms with van der Waals surface area (Å²) in [4.78, 5) is 0. The van der Waals surface area contributed by atoms with E-state index < -0.39 is 0 Å². The molecule has 1 atom stereocenters. The second-order valence-corrected chi connectivity index (χ2v) is 1.14. The van der Waals surface area contributed by atoms with Crippen LogP contribution in [0.25, 0.3) is 0 Å². The Labute approximate surface area is 31.7 Å². The van der Waals surface area contributed by atoms with E-state index in [2.05, 4.69) is 6.92 Å². The fourth-order valence-electron chi connectivity index (χ4n) is 0.0962. The molecule has 0 amide bonds. The highest BCUT2D eigenvalue weighted by Gasteiger charge is 2.13. The zero-order valence-corrected chi connectivity index (χ0v) is 3.14. The molecule has 2 nitrogen and oxygen atoms in total. The lowest BCUT2D eigenvalue weighted by Crippen LogP contribution is -1.60. The molecule has 0 spiro atoms. The quantitative estimate of drug-likeness (QED) is 0.369. The van der Waals surface area contributed by atoms with Crippen molar-refractivity contribution in [2.75, 3.05) is 6.61 Å². The van der Waals surface area contributed by atoms with E-state index in [0.29, 0.717) is 6.10 Å². The molecule has 1 aliphatic heterocycles. The normalized spacial score (nSPS) is 31.8. The molecular weight excluding hydrogens is 66.0 g/mol. The van der Waals surface area contributed by atoms with Crippen LogP contribution in [0.15, 0.2) is 0 Å². The van der Waals surface area contributed by atoms with Crippen LogP contribution < -0.4 is 6.15 Å². The Balaban J connectivity index is 0.000000160. The highest BCUT2D eigenvalue weighted by atomic mass is 16.6. The molecule has 0 aliphatic carbocycles. The Kier molecular flexibility index (Phi) is 1.36. The lowest BCUT2D eigenvalue weighted by Gasteiger charge is -1.50.